The molecule has 15 heavy (non-hydrogen) atoms. The molecule has 0 aromatic heterocycles. The lowest BCUT2D eigenvalue weighted by Crippen LogP contribution is -2.38. The number of likely N-dealkylation sites (N-methyl/N-ethyl adjacent to an activating group) is 1. The summed E-state index contributed by atoms with van der Waals surface area (Å²) < 4.78 is 0. The second kappa shape index (κ2) is 4.42. The summed E-state index contributed by atoms with van der Waals surface area (Å²) in [6.07, 6.45) is 1.97. The Balaban J connectivity index is 2.73. The van der Waals surface area contributed by atoms with E-state index in [1.807, 2.05) is 6.92 Å². The molecule has 1 aliphatic rings. The molecule has 1 saturated heterocycles. The number of carbonyl (C=O) groups is 3. The van der Waals surface area contributed by atoms with Crippen LogP contribution in [-0.2, 0) is 9.59 Å². The summed E-state index contributed by atoms with van der Waals surface area (Å²) in [4.78, 5) is 36.6. The molecular formula is C10H16N2O3. The van der Waals surface area contributed by atoms with E-state index >= 15 is 0 Å². The number of hydrogen-bond donors (Lipinski definition) is 0. The molecule has 4 amide bonds. The Morgan fingerprint density at radius 2 is 2.00 bits per heavy atom. The van der Waals surface area contributed by atoms with Gasteiger partial charge in [0.15, 0.2) is 0 Å². The number of rotatable bonds is 3. The van der Waals surface area contributed by atoms with Gasteiger partial charge >= 0.3 is 6.03 Å². The zero-order valence-corrected chi connectivity index (χ0v) is 9.32. The lowest BCUT2D eigenvalue weighted by Gasteiger charge is -2.16. The van der Waals surface area contributed by atoms with Crippen LogP contribution in [0.25, 0.3) is 0 Å². The van der Waals surface area contributed by atoms with E-state index in [2.05, 4.69) is 0 Å². The van der Waals surface area contributed by atoms with Crippen LogP contribution in [0.15, 0.2) is 0 Å². The van der Waals surface area contributed by atoms with Crippen LogP contribution in [0.3, 0.4) is 0 Å². The van der Waals surface area contributed by atoms with Crippen molar-refractivity contribution < 1.29 is 14.4 Å². The summed E-state index contributed by atoms with van der Waals surface area (Å²) >= 11 is 0. The molecule has 0 aliphatic carbocycles. The molecule has 0 radical (unpaired) electrons. The Hall–Kier alpha value is -1.39. The second-order valence-electron chi connectivity index (χ2n) is 3.72. The van der Waals surface area contributed by atoms with Crippen molar-refractivity contribution >= 4 is 17.8 Å². The first-order valence-electron chi connectivity index (χ1n) is 5.14. The SMILES string of the molecule is CCCCC(=O)N1C(=O)N(C)C(=O)C1C. The topological polar surface area (TPSA) is 57.7 Å². The molecule has 1 fully saturated rings. The van der Waals surface area contributed by atoms with Gasteiger partial charge in [0.2, 0.25) is 5.91 Å². The Morgan fingerprint density at radius 3 is 2.40 bits per heavy atom. The first kappa shape index (κ1) is 11.7. The second-order valence-corrected chi connectivity index (χ2v) is 3.72. The van der Waals surface area contributed by atoms with Gasteiger partial charge in [-0.3, -0.25) is 19.4 Å². The van der Waals surface area contributed by atoms with E-state index in [1.54, 1.807) is 6.92 Å². The largest absolute Gasteiger partial charge is 0.333 e. The minimum Gasteiger partial charge on any atom is -0.274 e. The predicted molar refractivity (Wildman–Crippen MR) is 54.0 cm³/mol. The van der Waals surface area contributed by atoms with Crippen molar-refractivity contribution in [2.75, 3.05) is 7.05 Å². The fourth-order valence-corrected chi connectivity index (χ4v) is 1.58. The molecule has 1 atom stereocenters. The lowest BCUT2D eigenvalue weighted by atomic mass is 10.2. The fraction of sp³-hybridized carbons (Fsp3) is 0.700. The van der Waals surface area contributed by atoms with E-state index in [0.717, 1.165) is 22.6 Å². The molecule has 0 aromatic carbocycles. The molecule has 0 N–H and O–H groups in total. The number of hydrogen-bond acceptors (Lipinski definition) is 3. The van der Waals surface area contributed by atoms with E-state index in [4.69, 9.17) is 0 Å². The third-order valence-electron chi connectivity index (χ3n) is 2.58. The minimum atomic E-state index is -0.646. The van der Waals surface area contributed by atoms with Crippen LogP contribution in [0.4, 0.5) is 4.79 Å². The van der Waals surface area contributed by atoms with Crippen molar-refractivity contribution in [3.8, 4) is 0 Å². The first-order valence-corrected chi connectivity index (χ1v) is 5.14. The van der Waals surface area contributed by atoms with E-state index < -0.39 is 12.1 Å². The minimum absolute atomic E-state index is 0.257. The maximum atomic E-state index is 11.6. The van der Waals surface area contributed by atoms with Gasteiger partial charge in [-0.2, -0.15) is 0 Å². The van der Waals surface area contributed by atoms with Crippen LogP contribution in [0.5, 0.6) is 0 Å². The highest BCUT2D eigenvalue weighted by Crippen LogP contribution is 2.17. The molecule has 1 unspecified atom stereocenters. The zero-order valence-electron chi connectivity index (χ0n) is 9.32. The van der Waals surface area contributed by atoms with Gasteiger partial charge in [-0.15, -0.1) is 0 Å². The lowest BCUT2D eigenvalue weighted by molar-refractivity contribution is -0.134. The van der Waals surface area contributed by atoms with Crippen LogP contribution in [0, 0.1) is 0 Å². The summed E-state index contributed by atoms with van der Waals surface area (Å²) in [6.45, 7) is 3.55. The van der Waals surface area contributed by atoms with Crippen molar-refractivity contribution in [3.05, 3.63) is 0 Å². The van der Waals surface area contributed by atoms with Crippen molar-refractivity contribution in [1.82, 2.24) is 9.80 Å². The Morgan fingerprint density at radius 1 is 1.40 bits per heavy atom. The van der Waals surface area contributed by atoms with Crippen molar-refractivity contribution in [1.29, 1.82) is 0 Å². The molecule has 0 spiro atoms. The van der Waals surface area contributed by atoms with E-state index in [9.17, 15) is 14.4 Å². The summed E-state index contributed by atoms with van der Waals surface area (Å²) in [6, 6.07) is -1.15. The van der Waals surface area contributed by atoms with E-state index in [1.165, 1.54) is 7.05 Å². The van der Waals surface area contributed by atoms with Gasteiger partial charge in [0.05, 0.1) is 0 Å². The Bertz CT molecular complexity index is 301. The van der Waals surface area contributed by atoms with Crippen LogP contribution in [0.1, 0.15) is 33.1 Å². The third kappa shape index (κ3) is 2.00. The molecule has 5 heteroatoms. The number of amides is 4. The summed E-state index contributed by atoms with van der Waals surface area (Å²) in [5.41, 5.74) is 0. The predicted octanol–water partition coefficient (Wildman–Crippen LogP) is 0.986. The van der Waals surface area contributed by atoms with Gasteiger partial charge in [0.1, 0.15) is 6.04 Å². The summed E-state index contributed by atoms with van der Waals surface area (Å²) in [7, 11) is 1.40. The van der Waals surface area contributed by atoms with Crippen LogP contribution >= 0.6 is 0 Å². The third-order valence-corrected chi connectivity index (χ3v) is 2.58. The van der Waals surface area contributed by atoms with Gasteiger partial charge in [-0.1, -0.05) is 13.3 Å². The van der Waals surface area contributed by atoms with Crippen molar-refractivity contribution in [2.24, 2.45) is 0 Å². The highest BCUT2D eigenvalue weighted by molar-refractivity contribution is 6.11. The highest BCUT2D eigenvalue weighted by atomic mass is 16.2. The quantitative estimate of drug-likeness (QED) is 0.655. The van der Waals surface area contributed by atoms with Gasteiger partial charge in [-0.25, -0.2) is 4.79 Å². The average Bonchev–Trinajstić information content (AvgIpc) is 2.40. The van der Waals surface area contributed by atoms with Gasteiger partial charge < -0.3 is 0 Å². The monoisotopic (exact) mass is 212 g/mol. The number of urea groups is 1. The van der Waals surface area contributed by atoms with Gasteiger partial charge in [0, 0.05) is 13.5 Å². The number of unbranched alkanes of at least 4 members (excludes halogenated alkanes) is 1. The Labute approximate surface area is 89.0 Å². The van der Waals surface area contributed by atoms with Crippen LogP contribution in [0.2, 0.25) is 0 Å². The Kier molecular flexibility index (Phi) is 3.44. The maximum Gasteiger partial charge on any atom is 0.333 e. The van der Waals surface area contributed by atoms with Crippen molar-refractivity contribution in [3.63, 3.8) is 0 Å². The van der Waals surface area contributed by atoms with Gasteiger partial charge in [-0.05, 0) is 13.3 Å². The zero-order chi connectivity index (χ0) is 11.6. The number of nitrogens with zero attached hydrogens (tertiary/aromatic N) is 2. The molecule has 84 valence electrons. The smallest absolute Gasteiger partial charge is 0.274 e. The van der Waals surface area contributed by atoms with Crippen LogP contribution < -0.4 is 0 Å². The molecule has 1 aliphatic heterocycles. The normalized spacial score (nSPS) is 21.4. The average molecular weight is 212 g/mol. The number of carbonyl (C=O) groups excluding carboxylic acids is 3. The fourth-order valence-electron chi connectivity index (χ4n) is 1.58. The van der Waals surface area contributed by atoms with Crippen LogP contribution in [-0.4, -0.2) is 40.7 Å². The van der Waals surface area contributed by atoms with E-state index in [-0.39, 0.29) is 11.8 Å². The molecule has 1 rings (SSSR count). The van der Waals surface area contributed by atoms with Crippen molar-refractivity contribution in [2.45, 2.75) is 39.2 Å². The summed E-state index contributed by atoms with van der Waals surface area (Å²) in [5.74, 6) is -0.572. The highest BCUT2D eigenvalue weighted by Gasteiger charge is 2.43. The standard InChI is InChI=1S/C10H16N2O3/c1-4-5-6-8(13)12-7(2)9(14)11(3)10(12)15/h7H,4-6H2,1-3H3. The summed E-state index contributed by atoms with van der Waals surface area (Å²) in [5, 5.41) is 0. The molecule has 5 nitrogen and oxygen atoms in total. The molecule has 0 aromatic rings. The molecule has 0 bridgehead atoms. The van der Waals surface area contributed by atoms with E-state index in [0.29, 0.717) is 6.42 Å². The molecule has 1 heterocycles. The maximum absolute atomic E-state index is 11.6. The first-order chi connectivity index (χ1) is 7.00. The molecular weight excluding hydrogens is 196 g/mol. The number of imide groups is 2. The molecule has 0 saturated carbocycles. The van der Waals surface area contributed by atoms with Gasteiger partial charge in [0.25, 0.3) is 5.91 Å².